The first-order valence-electron chi connectivity index (χ1n) is 13.6. The SMILES string of the molecule is C=CCN(C(=O)C1N([C@@H](CO)Cc2ccccc2)C(=O)[C@@H]2[C@@H](C(=O)O)[C@@]3(C)CCC12S3)C1CCCCC1. The minimum atomic E-state index is -0.971. The molecule has 8 heteroatoms. The van der Waals surface area contributed by atoms with Crippen molar-refractivity contribution < 1.29 is 24.6 Å². The molecule has 4 aliphatic rings. The van der Waals surface area contributed by atoms with Crippen LogP contribution in [-0.2, 0) is 20.8 Å². The Kier molecular flexibility index (Phi) is 7.18. The lowest BCUT2D eigenvalue weighted by atomic mass is 9.66. The first-order valence-corrected chi connectivity index (χ1v) is 14.4. The third kappa shape index (κ3) is 4.20. The fourth-order valence-corrected chi connectivity index (χ4v) is 9.99. The number of amides is 2. The van der Waals surface area contributed by atoms with Gasteiger partial charge in [-0.3, -0.25) is 14.4 Å². The number of likely N-dealkylation sites (tertiary alicyclic amines) is 1. The molecule has 3 saturated heterocycles. The zero-order valence-corrected chi connectivity index (χ0v) is 22.4. The summed E-state index contributed by atoms with van der Waals surface area (Å²) < 4.78 is -1.39. The number of hydrogen-bond donors (Lipinski definition) is 2. The second-order valence-corrected chi connectivity index (χ2v) is 13.3. The van der Waals surface area contributed by atoms with Crippen LogP contribution in [0, 0.1) is 11.8 Å². The van der Waals surface area contributed by atoms with Crippen molar-refractivity contribution in [3.05, 3.63) is 48.6 Å². The summed E-state index contributed by atoms with van der Waals surface area (Å²) in [6.07, 6.45) is 8.56. The van der Waals surface area contributed by atoms with Crippen LogP contribution in [0.15, 0.2) is 43.0 Å². The highest BCUT2D eigenvalue weighted by Crippen LogP contribution is 2.71. The summed E-state index contributed by atoms with van der Waals surface area (Å²) in [7, 11) is 0. The number of aliphatic hydroxyl groups excluding tert-OH is 1. The molecule has 37 heavy (non-hydrogen) atoms. The summed E-state index contributed by atoms with van der Waals surface area (Å²) in [5.41, 5.74) is 0.962. The lowest BCUT2D eigenvalue weighted by Crippen LogP contribution is -2.59. The second kappa shape index (κ2) is 10.1. The third-order valence-electron chi connectivity index (χ3n) is 9.26. The number of carbonyl (C=O) groups excluding carboxylic acids is 2. The van der Waals surface area contributed by atoms with E-state index in [9.17, 15) is 24.6 Å². The van der Waals surface area contributed by atoms with Crippen LogP contribution >= 0.6 is 11.8 Å². The Morgan fingerprint density at radius 2 is 1.92 bits per heavy atom. The smallest absolute Gasteiger partial charge is 0.308 e. The minimum absolute atomic E-state index is 0.0859. The van der Waals surface area contributed by atoms with E-state index < -0.39 is 39.4 Å². The Balaban J connectivity index is 1.59. The Bertz CT molecular complexity index is 1060. The maximum absolute atomic E-state index is 14.6. The number of fused-ring (bicyclic) bond motifs is 1. The van der Waals surface area contributed by atoms with Crippen molar-refractivity contribution in [1.82, 2.24) is 9.80 Å². The van der Waals surface area contributed by atoms with Crippen molar-refractivity contribution in [2.75, 3.05) is 13.2 Å². The molecule has 1 spiro atoms. The van der Waals surface area contributed by atoms with Gasteiger partial charge in [0.2, 0.25) is 11.8 Å². The van der Waals surface area contributed by atoms with Gasteiger partial charge < -0.3 is 20.0 Å². The van der Waals surface area contributed by atoms with Crippen LogP contribution in [0.1, 0.15) is 57.4 Å². The molecule has 1 saturated carbocycles. The highest BCUT2D eigenvalue weighted by molar-refractivity contribution is 8.02. The van der Waals surface area contributed by atoms with E-state index in [0.29, 0.717) is 25.8 Å². The molecule has 2 amide bonds. The molecular formula is C29H38N2O5S. The molecule has 0 radical (unpaired) electrons. The van der Waals surface area contributed by atoms with E-state index in [0.717, 1.165) is 37.7 Å². The Morgan fingerprint density at radius 3 is 2.54 bits per heavy atom. The van der Waals surface area contributed by atoms with Crippen LogP contribution in [0.5, 0.6) is 0 Å². The number of carboxylic acids is 1. The first-order chi connectivity index (χ1) is 17.8. The number of nitrogens with zero attached hydrogens (tertiary/aromatic N) is 2. The quantitative estimate of drug-likeness (QED) is 0.478. The summed E-state index contributed by atoms with van der Waals surface area (Å²) in [5, 5.41) is 20.8. The second-order valence-electron chi connectivity index (χ2n) is 11.4. The van der Waals surface area contributed by atoms with Crippen molar-refractivity contribution in [2.45, 2.75) is 85.9 Å². The molecule has 0 aromatic heterocycles. The zero-order chi connectivity index (χ0) is 26.4. The van der Waals surface area contributed by atoms with Gasteiger partial charge in [0, 0.05) is 17.3 Å². The highest BCUT2D eigenvalue weighted by atomic mass is 32.2. The molecule has 5 rings (SSSR count). The van der Waals surface area contributed by atoms with Gasteiger partial charge in [-0.15, -0.1) is 18.3 Å². The fourth-order valence-electron chi connectivity index (χ4n) is 7.66. The topological polar surface area (TPSA) is 98.2 Å². The number of thioether (sulfide) groups is 1. The van der Waals surface area contributed by atoms with Gasteiger partial charge in [0.25, 0.3) is 0 Å². The standard InChI is InChI=1S/C29H38N2O5S/c1-3-16-30(20-12-8-5-9-13-20)26(34)24-29-15-14-28(2,37-29)23(27(35)36)22(29)25(33)31(24)21(18-32)17-19-10-6-4-7-11-19/h3-4,6-7,10-11,20-24,32H,1,5,8-9,12-18H2,2H3,(H,35,36)/t21-,22+,23+,24?,28-,29?/m1/s1. The lowest BCUT2D eigenvalue weighted by Gasteiger charge is -2.42. The van der Waals surface area contributed by atoms with E-state index in [1.807, 2.05) is 42.2 Å². The van der Waals surface area contributed by atoms with Crippen LogP contribution in [0.25, 0.3) is 0 Å². The van der Waals surface area contributed by atoms with Gasteiger partial charge in [-0.2, -0.15) is 0 Å². The van der Waals surface area contributed by atoms with Gasteiger partial charge >= 0.3 is 5.97 Å². The average molecular weight is 527 g/mol. The van der Waals surface area contributed by atoms with E-state index >= 15 is 0 Å². The van der Waals surface area contributed by atoms with Crippen molar-refractivity contribution >= 4 is 29.5 Å². The van der Waals surface area contributed by atoms with Crippen molar-refractivity contribution in [1.29, 1.82) is 0 Å². The summed E-state index contributed by atoms with van der Waals surface area (Å²) in [4.78, 5) is 44.9. The Labute approximate surface area is 223 Å². The van der Waals surface area contributed by atoms with Crippen LogP contribution in [0.4, 0.5) is 0 Å². The molecule has 2 N–H and O–H groups in total. The maximum Gasteiger partial charge on any atom is 0.308 e. The number of aliphatic carboxylic acids is 1. The Hall–Kier alpha value is -2.32. The molecule has 7 nitrogen and oxygen atoms in total. The fraction of sp³-hybridized carbons (Fsp3) is 0.621. The van der Waals surface area contributed by atoms with Crippen LogP contribution in [0.3, 0.4) is 0 Å². The molecule has 2 unspecified atom stereocenters. The molecule has 1 aromatic rings. The predicted molar refractivity (Wildman–Crippen MR) is 143 cm³/mol. The van der Waals surface area contributed by atoms with Crippen molar-refractivity contribution in [3.8, 4) is 0 Å². The van der Waals surface area contributed by atoms with Crippen LogP contribution in [0.2, 0.25) is 0 Å². The number of benzene rings is 1. The normalized spacial score (nSPS) is 33.8. The molecule has 3 aliphatic heterocycles. The first kappa shape index (κ1) is 26.3. The lowest BCUT2D eigenvalue weighted by molar-refractivity contribution is -0.151. The van der Waals surface area contributed by atoms with E-state index in [-0.39, 0.29) is 24.5 Å². The third-order valence-corrected chi connectivity index (χ3v) is 11.2. The predicted octanol–water partition coefficient (Wildman–Crippen LogP) is 3.50. The maximum atomic E-state index is 14.6. The molecular weight excluding hydrogens is 488 g/mol. The van der Waals surface area contributed by atoms with Gasteiger partial charge in [0.1, 0.15) is 6.04 Å². The molecule has 2 bridgehead atoms. The van der Waals surface area contributed by atoms with E-state index in [4.69, 9.17) is 0 Å². The highest BCUT2D eigenvalue weighted by Gasteiger charge is 2.78. The molecule has 4 fully saturated rings. The molecule has 6 atom stereocenters. The van der Waals surface area contributed by atoms with E-state index in [1.165, 1.54) is 0 Å². The number of carbonyl (C=O) groups is 3. The Morgan fingerprint density at radius 1 is 1.22 bits per heavy atom. The number of hydrogen-bond acceptors (Lipinski definition) is 5. The molecule has 1 aromatic carbocycles. The van der Waals surface area contributed by atoms with Gasteiger partial charge in [-0.1, -0.05) is 55.7 Å². The van der Waals surface area contributed by atoms with Crippen molar-refractivity contribution in [3.63, 3.8) is 0 Å². The number of carboxylic acid groups (broad SMARTS) is 1. The van der Waals surface area contributed by atoms with Crippen LogP contribution < -0.4 is 0 Å². The molecule has 1 aliphatic carbocycles. The van der Waals surface area contributed by atoms with Gasteiger partial charge in [-0.05, 0) is 44.6 Å². The van der Waals surface area contributed by atoms with E-state index in [1.54, 1.807) is 22.7 Å². The van der Waals surface area contributed by atoms with Gasteiger partial charge in [-0.25, -0.2) is 0 Å². The van der Waals surface area contributed by atoms with Crippen molar-refractivity contribution in [2.24, 2.45) is 11.8 Å². The summed E-state index contributed by atoms with van der Waals surface area (Å²) in [5.74, 6) is -3.00. The molecule has 3 heterocycles. The largest absolute Gasteiger partial charge is 0.481 e. The van der Waals surface area contributed by atoms with Gasteiger partial charge in [0.15, 0.2) is 0 Å². The monoisotopic (exact) mass is 526 g/mol. The minimum Gasteiger partial charge on any atom is -0.481 e. The van der Waals surface area contributed by atoms with E-state index in [2.05, 4.69) is 6.58 Å². The zero-order valence-electron chi connectivity index (χ0n) is 21.6. The number of aliphatic hydroxyl groups is 1. The van der Waals surface area contributed by atoms with Crippen LogP contribution in [-0.4, -0.2) is 78.6 Å². The number of rotatable bonds is 9. The summed E-state index contributed by atoms with van der Waals surface area (Å²) >= 11 is 1.55. The van der Waals surface area contributed by atoms with Gasteiger partial charge in [0.05, 0.1) is 29.2 Å². The summed E-state index contributed by atoms with van der Waals surface area (Å²) in [6.45, 7) is 5.95. The summed E-state index contributed by atoms with van der Waals surface area (Å²) in [6, 6.07) is 8.32. The average Bonchev–Trinajstić information content (AvgIpc) is 3.47. The molecule has 200 valence electrons.